The van der Waals surface area contributed by atoms with Gasteiger partial charge in [0.1, 0.15) is 5.82 Å². The summed E-state index contributed by atoms with van der Waals surface area (Å²) in [4.78, 5) is 17.9. The van der Waals surface area contributed by atoms with E-state index in [0.717, 1.165) is 47.3 Å². The number of pyridine rings is 1. The second kappa shape index (κ2) is 9.84. The zero-order valence-electron chi connectivity index (χ0n) is 19.2. The Morgan fingerprint density at radius 1 is 1.00 bits per heavy atom. The van der Waals surface area contributed by atoms with Gasteiger partial charge in [-0.05, 0) is 41.8 Å². The number of hydrogen-bond donors (Lipinski definition) is 1. The van der Waals surface area contributed by atoms with Crippen molar-refractivity contribution in [1.29, 1.82) is 0 Å². The molecular weight excluding hydrogens is 445 g/mol. The highest BCUT2D eigenvalue weighted by atomic mass is 19.1. The lowest BCUT2D eigenvalue weighted by Crippen LogP contribution is -2.25. The van der Waals surface area contributed by atoms with Crippen LogP contribution in [-0.4, -0.2) is 34.7 Å². The number of nitrogens with one attached hydrogen (secondary N) is 1. The third-order valence-corrected chi connectivity index (χ3v) is 5.91. The van der Waals surface area contributed by atoms with Crippen molar-refractivity contribution in [1.82, 2.24) is 34.7 Å². The van der Waals surface area contributed by atoms with Crippen LogP contribution in [0.25, 0.3) is 28.3 Å². The van der Waals surface area contributed by atoms with Gasteiger partial charge in [0.05, 0.1) is 17.9 Å². The van der Waals surface area contributed by atoms with Crippen molar-refractivity contribution in [3.63, 3.8) is 0 Å². The Kier molecular flexibility index (Phi) is 6.30. The molecule has 0 atom stereocenters. The molecule has 5 aromatic rings. The first kappa shape index (κ1) is 22.4. The Bertz CT molecular complexity index is 1490. The molecule has 8 nitrogen and oxygen atoms in total. The number of imidazole rings is 1. The van der Waals surface area contributed by atoms with E-state index in [2.05, 4.69) is 32.5 Å². The van der Waals surface area contributed by atoms with Gasteiger partial charge in [0.2, 0.25) is 5.82 Å². The zero-order valence-corrected chi connectivity index (χ0v) is 19.2. The smallest absolute Gasteiger partial charge is 0.292 e. The molecule has 1 N–H and O–H groups in total. The van der Waals surface area contributed by atoms with E-state index < -0.39 is 5.82 Å². The first-order chi connectivity index (χ1) is 17.2. The summed E-state index contributed by atoms with van der Waals surface area (Å²) in [5.41, 5.74) is 4.18. The Morgan fingerprint density at radius 2 is 1.80 bits per heavy atom. The van der Waals surface area contributed by atoms with Gasteiger partial charge in [-0.3, -0.25) is 14.1 Å². The summed E-state index contributed by atoms with van der Waals surface area (Å²) in [5, 5.41) is 14.3. The van der Waals surface area contributed by atoms with Crippen LogP contribution < -0.4 is 5.69 Å². The van der Waals surface area contributed by atoms with Crippen LogP contribution in [0.15, 0.2) is 77.9 Å². The predicted octanol–water partition coefficient (Wildman–Crippen LogP) is 4.41. The molecule has 5 rings (SSSR count). The number of tetrazole rings is 1. The van der Waals surface area contributed by atoms with Crippen molar-refractivity contribution in [2.24, 2.45) is 0 Å². The fraction of sp³-hybridized carbons (Fsp3) is 0.192. The average molecular weight is 470 g/mol. The molecule has 0 radical (unpaired) electrons. The van der Waals surface area contributed by atoms with E-state index in [0.29, 0.717) is 12.4 Å². The molecular formula is C26H24FN7O. The first-order valence-electron chi connectivity index (χ1n) is 11.5. The van der Waals surface area contributed by atoms with Gasteiger partial charge in [-0.15, -0.1) is 10.2 Å². The highest BCUT2D eigenvalue weighted by Gasteiger charge is 2.16. The molecule has 3 aromatic heterocycles. The molecule has 0 saturated carbocycles. The number of hydrogen-bond acceptors (Lipinski definition) is 5. The Morgan fingerprint density at radius 3 is 2.51 bits per heavy atom. The molecule has 0 spiro atoms. The van der Waals surface area contributed by atoms with Crippen molar-refractivity contribution >= 4 is 0 Å². The van der Waals surface area contributed by atoms with Gasteiger partial charge in [0, 0.05) is 29.2 Å². The van der Waals surface area contributed by atoms with E-state index in [1.165, 1.54) is 10.6 Å². The summed E-state index contributed by atoms with van der Waals surface area (Å²) >= 11 is 0. The van der Waals surface area contributed by atoms with E-state index in [9.17, 15) is 9.18 Å². The van der Waals surface area contributed by atoms with Gasteiger partial charge in [-0.2, -0.15) is 5.21 Å². The van der Waals surface area contributed by atoms with Crippen LogP contribution in [0, 0.1) is 5.82 Å². The van der Waals surface area contributed by atoms with Gasteiger partial charge in [0.25, 0.3) is 0 Å². The van der Waals surface area contributed by atoms with E-state index >= 15 is 0 Å². The second-order valence-electron chi connectivity index (χ2n) is 8.25. The number of halogens is 1. The summed E-state index contributed by atoms with van der Waals surface area (Å²) in [5.74, 6) is 0.0631. The average Bonchev–Trinajstić information content (AvgIpc) is 3.53. The molecule has 2 aromatic carbocycles. The fourth-order valence-corrected chi connectivity index (χ4v) is 4.11. The molecule has 0 saturated heterocycles. The molecule has 0 unspecified atom stereocenters. The number of nitrogens with zero attached hydrogens (tertiary/aromatic N) is 6. The van der Waals surface area contributed by atoms with E-state index in [4.69, 9.17) is 0 Å². The van der Waals surface area contributed by atoms with E-state index in [1.807, 2.05) is 36.4 Å². The number of rotatable bonds is 8. The zero-order chi connectivity index (χ0) is 24.2. The molecule has 0 bridgehead atoms. The Labute approximate surface area is 201 Å². The minimum Gasteiger partial charge on any atom is -0.292 e. The van der Waals surface area contributed by atoms with Gasteiger partial charge in [-0.1, -0.05) is 55.8 Å². The Hall–Kier alpha value is -4.40. The SMILES string of the molecule is CCCCc1cn(-c2ccccc2F)c(=O)n1Cc1ccc(-c2ccccc2-c2nn[nH]n2)nc1. The van der Waals surface area contributed by atoms with Gasteiger partial charge in [-0.25, -0.2) is 9.18 Å². The third kappa shape index (κ3) is 4.52. The minimum atomic E-state index is -0.430. The number of aromatic nitrogens is 7. The highest BCUT2D eigenvalue weighted by molar-refractivity contribution is 5.78. The van der Waals surface area contributed by atoms with E-state index in [1.54, 1.807) is 35.2 Å². The summed E-state index contributed by atoms with van der Waals surface area (Å²) in [7, 11) is 0. The third-order valence-electron chi connectivity index (χ3n) is 5.91. The number of para-hydroxylation sites is 1. The van der Waals surface area contributed by atoms with Crippen LogP contribution in [0.2, 0.25) is 0 Å². The molecule has 0 aliphatic heterocycles. The molecule has 176 valence electrons. The van der Waals surface area contributed by atoms with E-state index in [-0.39, 0.29) is 11.4 Å². The number of H-pyrrole nitrogens is 1. The molecule has 0 amide bonds. The van der Waals surface area contributed by atoms with Crippen LogP contribution in [-0.2, 0) is 13.0 Å². The molecule has 0 aliphatic carbocycles. The van der Waals surface area contributed by atoms with Crippen molar-refractivity contribution in [3.8, 4) is 28.3 Å². The monoisotopic (exact) mass is 469 g/mol. The summed E-state index contributed by atoms with van der Waals surface area (Å²) in [6.07, 6.45) is 6.18. The summed E-state index contributed by atoms with van der Waals surface area (Å²) < 4.78 is 17.5. The standard InChI is InChI=1S/C26H24FN7O/c1-2-3-8-19-17-34(24-12-7-6-11-22(24)27)26(35)33(19)16-18-13-14-23(28-15-18)20-9-4-5-10-21(20)25-29-31-32-30-25/h4-7,9-15,17H,2-3,8,16H2,1H3,(H,29,30,31,32). The maximum Gasteiger partial charge on any atom is 0.333 e. The van der Waals surface area contributed by atoms with Crippen LogP contribution >= 0.6 is 0 Å². The van der Waals surface area contributed by atoms with Crippen molar-refractivity contribution in [3.05, 3.63) is 101 Å². The second-order valence-corrected chi connectivity index (χ2v) is 8.25. The summed E-state index contributed by atoms with van der Waals surface area (Å²) in [6, 6.07) is 17.9. The largest absolute Gasteiger partial charge is 0.333 e. The number of aryl methyl sites for hydroxylation is 1. The topological polar surface area (TPSA) is 94.3 Å². The molecule has 0 aliphatic rings. The van der Waals surface area contributed by atoms with Crippen molar-refractivity contribution in [2.45, 2.75) is 32.7 Å². The highest BCUT2D eigenvalue weighted by Crippen LogP contribution is 2.28. The molecule has 3 heterocycles. The number of aromatic amines is 1. The number of unbranched alkanes of at least 4 members (excludes halogenated alkanes) is 1. The van der Waals surface area contributed by atoms with Gasteiger partial charge in [0.15, 0.2) is 0 Å². The lowest BCUT2D eigenvalue weighted by Gasteiger charge is -2.09. The molecule has 9 heteroatoms. The number of benzene rings is 2. The van der Waals surface area contributed by atoms with Crippen molar-refractivity contribution < 1.29 is 4.39 Å². The molecule has 0 fully saturated rings. The van der Waals surface area contributed by atoms with Crippen LogP contribution in [0.3, 0.4) is 0 Å². The minimum absolute atomic E-state index is 0.251. The van der Waals surface area contributed by atoms with Gasteiger partial charge < -0.3 is 0 Å². The Balaban J connectivity index is 1.47. The lowest BCUT2D eigenvalue weighted by molar-refractivity contribution is 0.613. The summed E-state index contributed by atoms with van der Waals surface area (Å²) in [6.45, 7) is 2.45. The predicted molar refractivity (Wildman–Crippen MR) is 131 cm³/mol. The van der Waals surface area contributed by atoms with Crippen LogP contribution in [0.1, 0.15) is 31.0 Å². The van der Waals surface area contributed by atoms with Crippen LogP contribution in [0.5, 0.6) is 0 Å². The first-order valence-corrected chi connectivity index (χ1v) is 11.5. The maximum absolute atomic E-state index is 14.4. The maximum atomic E-state index is 14.4. The van der Waals surface area contributed by atoms with Crippen molar-refractivity contribution in [2.75, 3.05) is 0 Å². The van der Waals surface area contributed by atoms with Gasteiger partial charge >= 0.3 is 5.69 Å². The molecule has 35 heavy (non-hydrogen) atoms. The lowest BCUT2D eigenvalue weighted by atomic mass is 10.0. The normalized spacial score (nSPS) is 11.1. The van der Waals surface area contributed by atoms with Crippen LogP contribution in [0.4, 0.5) is 4.39 Å². The quantitative estimate of drug-likeness (QED) is 0.363. The fourth-order valence-electron chi connectivity index (χ4n) is 4.11.